The molecule has 0 saturated heterocycles. The van der Waals surface area contributed by atoms with E-state index in [1.165, 1.54) is 0 Å². The predicted molar refractivity (Wildman–Crippen MR) is 125 cm³/mol. The molecule has 1 nitrogen and oxygen atoms in total. The highest BCUT2D eigenvalue weighted by atomic mass is 35.5. The molecule has 0 amide bonds. The Kier molecular flexibility index (Phi) is 1.64. The van der Waals surface area contributed by atoms with E-state index >= 15 is 0 Å². The average Bonchev–Trinajstić information content (AvgIpc) is 3.20. The van der Waals surface area contributed by atoms with Gasteiger partial charge in [0.2, 0.25) is 0 Å². The van der Waals surface area contributed by atoms with Gasteiger partial charge in [0, 0.05) is 11.1 Å². The Morgan fingerprint density at radius 2 is 1.33 bits per heavy atom. The molecule has 0 spiro atoms. The molecule has 0 unspecified atom stereocenters. The minimum atomic E-state index is -0.844. The van der Waals surface area contributed by atoms with E-state index in [0.717, 1.165) is 0 Å². The molecule has 0 fully saturated rings. The molecule has 30 heavy (non-hydrogen) atoms. The highest BCUT2D eigenvalue weighted by Gasteiger charge is 2.23. The summed E-state index contributed by atoms with van der Waals surface area (Å²) in [4.78, 5) is 0. The van der Waals surface area contributed by atoms with Gasteiger partial charge in [-0.2, -0.15) is 0 Å². The lowest BCUT2D eigenvalue weighted by molar-refractivity contribution is 0.488. The third-order valence-corrected chi connectivity index (χ3v) is 4.72. The summed E-state index contributed by atoms with van der Waals surface area (Å²) in [6, 6.07) is -12.8. The molecule has 0 atom stereocenters. The molecule has 142 valence electrons. The fourth-order valence-electron chi connectivity index (χ4n) is 3.14. The Labute approximate surface area is 204 Å². The van der Waals surface area contributed by atoms with Crippen molar-refractivity contribution >= 4 is 22.4 Å². The Morgan fingerprint density at radius 3 is 2.17 bits per heavy atom. The van der Waals surface area contributed by atoms with Gasteiger partial charge in [0.1, 0.15) is 5.75 Å². The first kappa shape index (κ1) is 7.30. The van der Waals surface area contributed by atoms with Crippen LogP contribution in [0.4, 0.5) is 0 Å². The molecule has 0 saturated carbocycles. The first-order chi connectivity index (χ1) is 21.9. The van der Waals surface area contributed by atoms with E-state index in [1.807, 2.05) is 0 Å². The van der Waals surface area contributed by atoms with E-state index in [1.54, 1.807) is 0 Å². The van der Waals surface area contributed by atoms with Crippen LogP contribution in [0.2, 0.25) is 5.02 Å². The largest absolute Gasteiger partial charge is 0.454 e. The van der Waals surface area contributed by atoms with E-state index in [-0.39, 0.29) is 0 Å². The average molecular weight is 422 g/mol. The van der Waals surface area contributed by atoms with Crippen molar-refractivity contribution in [3.05, 3.63) is 108 Å². The standard InChI is InChI=1S/C28H17ClO/c29-26-12-6-11-23-24-15-21(18-7-2-1-3-8-18)13-14-22(24)25-16-19-9-4-5-10-20(19)17-27(25)30-28(23)26/h1-17H/i1D,2D,3D,4D,5D,6D,7D,8D,9D,10D,11D,12D,13D,14D,15D,16D,17D. The minimum absolute atomic E-state index is 0.436. The fourth-order valence-corrected chi connectivity index (χ4v) is 3.32. The maximum Gasteiger partial charge on any atom is 0.153 e. The van der Waals surface area contributed by atoms with Gasteiger partial charge in [-0.05, 0) is 57.2 Å². The van der Waals surface area contributed by atoms with Crippen LogP contribution in [0.5, 0.6) is 11.5 Å². The zero-order valence-electron chi connectivity index (χ0n) is 31.8. The van der Waals surface area contributed by atoms with Crippen molar-refractivity contribution in [3.63, 3.8) is 0 Å². The molecule has 1 aliphatic heterocycles. The lowest BCUT2D eigenvalue weighted by Gasteiger charge is -2.12. The van der Waals surface area contributed by atoms with Crippen molar-refractivity contribution in [2.24, 2.45) is 0 Å². The van der Waals surface area contributed by atoms with Crippen LogP contribution < -0.4 is 4.74 Å². The normalized spacial score (nSPS) is 19.7. The molecule has 5 aromatic rings. The first-order valence-electron chi connectivity index (χ1n) is 17.1. The maximum absolute atomic E-state index is 9.31. The van der Waals surface area contributed by atoms with Gasteiger partial charge in [0.15, 0.2) is 5.75 Å². The van der Waals surface area contributed by atoms with E-state index in [9.17, 15) is 1.37 Å². The van der Waals surface area contributed by atoms with E-state index in [0.29, 0.717) is 0 Å². The summed E-state index contributed by atoms with van der Waals surface area (Å²) in [5.74, 6) is -1.17. The maximum atomic E-state index is 9.31. The molecule has 1 heterocycles. The molecule has 2 heteroatoms. The van der Waals surface area contributed by atoms with Crippen molar-refractivity contribution in [2.75, 3.05) is 0 Å². The fraction of sp³-hybridized carbons (Fsp3) is 0. The molecule has 0 radical (unpaired) electrons. The zero-order chi connectivity index (χ0) is 34.9. The summed E-state index contributed by atoms with van der Waals surface area (Å²) in [7, 11) is 0. The minimum Gasteiger partial charge on any atom is -0.454 e. The van der Waals surface area contributed by atoms with Gasteiger partial charge in [-0.25, -0.2) is 0 Å². The molecule has 0 aromatic heterocycles. The molecular weight excluding hydrogens is 388 g/mol. The van der Waals surface area contributed by atoms with E-state index in [4.69, 9.17) is 38.3 Å². The lowest BCUT2D eigenvalue weighted by atomic mass is 9.90. The molecule has 5 aromatic carbocycles. The summed E-state index contributed by atoms with van der Waals surface area (Å²) in [6.07, 6.45) is 0. The van der Waals surface area contributed by atoms with Gasteiger partial charge < -0.3 is 4.74 Å². The molecule has 1 aliphatic rings. The number of hydrogen-bond donors (Lipinski definition) is 0. The smallest absolute Gasteiger partial charge is 0.153 e. The number of ether oxygens (including phenoxy) is 1. The van der Waals surface area contributed by atoms with Gasteiger partial charge in [-0.1, -0.05) is 90.2 Å². The van der Waals surface area contributed by atoms with Crippen LogP contribution in [0, 0.1) is 0 Å². The number of fused-ring (bicyclic) bond motifs is 6. The van der Waals surface area contributed by atoms with Gasteiger partial charge in [-0.15, -0.1) is 0 Å². The van der Waals surface area contributed by atoms with Crippen LogP contribution in [-0.4, -0.2) is 0 Å². The lowest BCUT2D eigenvalue weighted by Crippen LogP contribution is -1.88. The summed E-state index contributed by atoms with van der Waals surface area (Å²) in [5, 5.41) is -1.47. The second-order valence-electron chi connectivity index (χ2n) is 6.20. The second-order valence-corrected chi connectivity index (χ2v) is 6.58. The van der Waals surface area contributed by atoms with E-state index < -0.39 is 163 Å². The highest BCUT2D eigenvalue weighted by Crippen LogP contribution is 2.50. The Hall–Kier alpha value is -3.55. The van der Waals surface area contributed by atoms with Gasteiger partial charge in [0.05, 0.1) is 28.3 Å². The monoisotopic (exact) mass is 421 g/mol. The van der Waals surface area contributed by atoms with Crippen molar-refractivity contribution in [1.29, 1.82) is 0 Å². The van der Waals surface area contributed by atoms with Gasteiger partial charge in [0.25, 0.3) is 0 Å². The van der Waals surface area contributed by atoms with Crippen molar-refractivity contribution in [2.45, 2.75) is 0 Å². The summed E-state index contributed by atoms with van der Waals surface area (Å²) in [5.41, 5.74) is -3.23. The van der Waals surface area contributed by atoms with Crippen LogP contribution in [0.1, 0.15) is 23.3 Å². The quantitative estimate of drug-likeness (QED) is 0.258. The number of halogens is 1. The summed E-state index contributed by atoms with van der Waals surface area (Å²) in [6.45, 7) is 0. The molecule has 0 bridgehead atoms. The Bertz CT molecular complexity index is 2290. The van der Waals surface area contributed by atoms with Crippen molar-refractivity contribution in [1.82, 2.24) is 0 Å². The molecule has 0 aliphatic carbocycles. The van der Waals surface area contributed by atoms with Crippen LogP contribution in [0.25, 0.3) is 44.2 Å². The first-order valence-corrected chi connectivity index (χ1v) is 8.98. The Morgan fingerprint density at radius 1 is 0.567 bits per heavy atom. The summed E-state index contributed by atoms with van der Waals surface area (Å²) >= 11 is 6.48. The third-order valence-electron chi connectivity index (χ3n) is 4.46. The van der Waals surface area contributed by atoms with Crippen LogP contribution in [0.15, 0.2) is 103 Å². The topological polar surface area (TPSA) is 9.23 Å². The number of rotatable bonds is 1. The van der Waals surface area contributed by atoms with Crippen LogP contribution >= 0.6 is 11.6 Å². The van der Waals surface area contributed by atoms with Crippen molar-refractivity contribution in [3.8, 4) is 44.9 Å². The van der Waals surface area contributed by atoms with Crippen LogP contribution in [-0.2, 0) is 0 Å². The van der Waals surface area contributed by atoms with E-state index in [2.05, 4.69) is 0 Å². The predicted octanol–water partition coefficient (Wildman–Crippen LogP) is 8.60. The zero-order valence-corrected chi connectivity index (χ0v) is 15.5. The number of benzene rings is 5. The summed E-state index contributed by atoms with van der Waals surface area (Å²) < 4.78 is 151. The van der Waals surface area contributed by atoms with Gasteiger partial charge in [-0.3, -0.25) is 0 Å². The van der Waals surface area contributed by atoms with Gasteiger partial charge >= 0.3 is 0 Å². The number of para-hydroxylation sites is 1. The molecule has 0 N–H and O–H groups in total. The molecule has 6 rings (SSSR count). The third kappa shape index (κ3) is 2.71. The second kappa shape index (κ2) is 6.76. The molecular formula is C28H17ClO. The van der Waals surface area contributed by atoms with Crippen LogP contribution in [0.3, 0.4) is 0 Å². The van der Waals surface area contributed by atoms with Crippen molar-refractivity contribution < 1.29 is 28.0 Å². The SMILES string of the molecule is [2H]c1c([2H])c([2H])c(-c2c([2H])c([2H])c3c(c2[2H])-c2c([2H])c([2H])c([2H])c(Cl)c2Oc2c-3c([2H])c3c([2H])c([2H])c([2H])c([2H])c3c2[2H])c([2H])c1[2H]. The highest BCUT2D eigenvalue weighted by molar-refractivity contribution is 6.32. The number of hydrogen-bond acceptors (Lipinski definition) is 1. The Balaban J connectivity index is 1.96.